The maximum Gasteiger partial charge on any atom is 0.313 e. The van der Waals surface area contributed by atoms with Gasteiger partial charge in [0.15, 0.2) is 0 Å². The lowest BCUT2D eigenvalue weighted by molar-refractivity contribution is -0.152. The second kappa shape index (κ2) is 11.4. The standard InChI is InChI=1S/C28H39N7O3/c1-18(2)27(37)34-17-24(21-6-8-23(9-7-21)33-12-10-32(5)11-13-33)35(16-20(34)4)28(38)26(36)31-22-14-19(3)25(29)30-15-22/h6-9,14-15,18,20,24H,10-13,16-17H2,1-5H3,(H2,29,30)(H,31,36)/t20-,24?/m1/s1. The van der Waals surface area contributed by atoms with Crippen LogP contribution in [-0.2, 0) is 14.4 Å². The Morgan fingerprint density at radius 2 is 1.68 bits per heavy atom. The molecule has 0 bridgehead atoms. The van der Waals surface area contributed by atoms with Crippen molar-refractivity contribution in [2.45, 2.75) is 39.8 Å². The highest BCUT2D eigenvalue weighted by Crippen LogP contribution is 2.31. The van der Waals surface area contributed by atoms with Gasteiger partial charge in [-0.3, -0.25) is 14.4 Å². The normalized spacial score (nSPS) is 20.5. The number of nitrogens with two attached hydrogens (primary N) is 1. The molecular weight excluding hydrogens is 482 g/mol. The number of piperazine rings is 2. The molecule has 3 amide bonds. The fraction of sp³-hybridized carbons (Fsp3) is 0.500. The van der Waals surface area contributed by atoms with Gasteiger partial charge in [0.25, 0.3) is 0 Å². The molecule has 4 rings (SSSR count). The molecule has 2 aliphatic rings. The van der Waals surface area contributed by atoms with Crippen LogP contribution in [0.1, 0.15) is 37.9 Å². The zero-order chi connectivity index (χ0) is 27.6. The van der Waals surface area contributed by atoms with Crippen molar-refractivity contribution in [3.05, 3.63) is 47.7 Å². The number of anilines is 3. The highest BCUT2D eigenvalue weighted by molar-refractivity contribution is 6.39. The van der Waals surface area contributed by atoms with Crippen molar-refractivity contribution in [2.24, 2.45) is 5.92 Å². The number of benzene rings is 1. The molecule has 204 valence electrons. The lowest BCUT2D eigenvalue weighted by Crippen LogP contribution is -2.59. The van der Waals surface area contributed by atoms with E-state index < -0.39 is 17.9 Å². The second-order valence-corrected chi connectivity index (χ2v) is 10.7. The predicted octanol–water partition coefficient (Wildman–Crippen LogP) is 2.12. The average molecular weight is 522 g/mol. The Hall–Kier alpha value is -3.66. The first-order valence-corrected chi connectivity index (χ1v) is 13.2. The Kier molecular flexibility index (Phi) is 8.20. The van der Waals surface area contributed by atoms with Crippen molar-refractivity contribution in [2.75, 3.05) is 62.3 Å². The van der Waals surface area contributed by atoms with Gasteiger partial charge in [0, 0.05) is 56.9 Å². The SMILES string of the molecule is Cc1cc(NC(=O)C(=O)N2C[C@@H](C)N(C(=O)C(C)C)CC2c2ccc(N3CCN(C)CC3)cc2)cnc1N. The third-order valence-corrected chi connectivity index (χ3v) is 7.49. The molecular formula is C28H39N7O3. The maximum atomic E-state index is 13.5. The Morgan fingerprint density at radius 3 is 2.29 bits per heavy atom. The van der Waals surface area contributed by atoms with E-state index in [1.54, 1.807) is 17.9 Å². The molecule has 10 nitrogen and oxygen atoms in total. The molecule has 0 aliphatic carbocycles. The Morgan fingerprint density at radius 1 is 1.03 bits per heavy atom. The zero-order valence-corrected chi connectivity index (χ0v) is 23.0. The van der Waals surface area contributed by atoms with Crippen LogP contribution in [0.15, 0.2) is 36.5 Å². The van der Waals surface area contributed by atoms with Crippen molar-refractivity contribution in [1.82, 2.24) is 19.7 Å². The lowest BCUT2D eigenvalue weighted by atomic mass is 9.97. The van der Waals surface area contributed by atoms with Crippen LogP contribution < -0.4 is 16.0 Å². The van der Waals surface area contributed by atoms with Crippen LogP contribution in [0, 0.1) is 12.8 Å². The van der Waals surface area contributed by atoms with Crippen LogP contribution in [0.2, 0.25) is 0 Å². The van der Waals surface area contributed by atoms with E-state index in [1.807, 2.05) is 37.8 Å². The van der Waals surface area contributed by atoms with Crippen LogP contribution in [0.3, 0.4) is 0 Å². The predicted molar refractivity (Wildman–Crippen MR) is 149 cm³/mol. The van der Waals surface area contributed by atoms with Crippen LogP contribution in [0.5, 0.6) is 0 Å². The number of hydrogen-bond donors (Lipinski definition) is 2. The van der Waals surface area contributed by atoms with E-state index in [2.05, 4.69) is 39.3 Å². The molecule has 1 aromatic heterocycles. The number of amides is 3. The molecule has 2 atom stereocenters. The molecule has 2 saturated heterocycles. The summed E-state index contributed by atoms with van der Waals surface area (Å²) >= 11 is 0. The molecule has 1 unspecified atom stereocenters. The van der Waals surface area contributed by atoms with Crippen molar-refractivity contribution < 1.29 is 14.4 Å². The van der Waals surface area contributed by atoms with Gasteiger partial charge in [0.05, 0.1) is 17.9 Å². The quantitative estimate of drug-likeness (QED) is 0.592. The number of aryl methyl sites for hydroxylation is 1. The summed E-state index contributed by atoms with van der Waals surface area (Å²) in [5.41, 5.74) is 8.92. The molecule has 3 N–H and O–H groups in total. The average Bonchev–Trinajstić information content (AvgIpc) is 2.90. The van der Waals surface area contributed by atoms with Gasteiger partial charge < -0.3 is 30.7 Å². The fourth-order valence-corrected chi connectivity index (χ4v) is 5.06. The Bertz CT molecular complexity index is 1180. The first kappa shape index (κ1) is 27.4. The number of carbonyl (C=O) groups is 3. The summed E-state index contributed by atoms with van der Waals surface area (Å²) < 4.78 is 0. The minimum absolute atomic E-state index is 0.0385. The summed E-state index contributed by atoms with van der Waals surface area (Å²) in [6.07, 6.45) is 1.43. The van der Waals surface area contributed by atoms with E-state index in [4.69, 9.17) is 5.73 Å². The van der Waals surface area contributed by atoms with Crippen molar-refractivity contribution >= 4 is 34.9 Å². The second-order valence-electron chi connectivity index (χ2n) is 10.7. The summed E-state index contributed by atoms with van der Waals surface area (Å²) in [7, 11) is 2.13. The number of nitrogens with zero attached hydrogens (tertiary/aromatic N) is 5. The number of carbonyl (C=O) groups excluding carboxylic acids is 3. The van der Waals surface area contributed by atoms with Crippen molar-refractivity contribution in [3.8, 4) is 0 Å². The maximum absolute atomic E-state index is 13.5. The Labute approximate surface area is 224 Å². The van der Waals surface area contributed by atoms with E-state index >= 15 is 0 Å². The third kappa shape index (κ3) is 5.91. The van der Waals surface area contributed by atoms with E-state index in [9.17, 15) is 14.4 Å². The van der Waals surface area contributed by atoms with Crippen molar-refractivity contribution in [1.29, 1.82) is 0 Å². The summed E-state index contributed by atoms with van der Waals surface area (Å²) in [5, 5.41) is 2.66. The molecule has 2 aromatic rings. The van der Waals surface area contributed by atoms with Gasteiger partial charge in [-0.2, -0.15) is 0 Å². The van der Waals surface area contributed by atoms with Crippen molar-refractivity contribution in [3.63, 3.8) is 0 Å². The summed E-state index contributed by atoms with van der Waals surface area (Å²) in [4.78, 5) is 51.7. The monoisotopic (exact) mass is 521 g/mol. The highest BCUT2D eigenvalue weighted by Gasteiger charge is 2.40. The number of nitrogen functional groups attached to an aromatic ring is 1. The molecule has 0 radical (unpaired) electrons. The van der Waals surface area contributed by atoms with Gasteiger partial charge >= 0.3 is 11.8 Å². The minimum Gasteiger partial charge on any atom is -0.383 e. The number of pyridine rings is 1. The topological polar surface area (TPSA) is 115 Å². The van der Waals surface area contributed by atoms with Gasteiger partial charge in [0.1, 0.15) is 5.82 Å². The molecule has 1 aromatic carbocycles. The number of likely N-dealkylation sites (N-methyl/N-ethyl adjacent to an activating group) is 1. The molecule has 0 spiro atoms. The zero-order valence-electron chi connectivity index (χ0n) is 23.0. The molecule has 0 saturated carbocycles. The van der Waals surface area contributed by atoms with Gasteiger partial charge in [-0.25, -0.2) is 4.98 Å². The molecule has 38 heavy (non-hydrogen) atoms. The summed E-state index contributed by atoms with van der Waals surface area (Å²) in [6, 6.07) is 9.18. The molecule has 3 heterocycles. The fourth-order valence-electron chi connectivity index (χ4n) is 5.06. The summed E-state index contributed by atoms with van der Waals surface area (Å²) in [5.74, 6) is -1.14. The minimum atomic E-state index is -0.745. The summed E-state index contributed by atoms with van der Waals surface area (Å²) in [6.45, 7) is 12.0. The van der Waals surface area contributed by atoms with Crippen LogP contribution in [0.25, 0.3) is 0 Å². The number of aromatic nitrogens is 1. The van der Waals surface area contributed by atoms with E-state index in [0.717, 1.165) is 37.4 Å². The van der Waals surface area contributed by atoms with E-state index in [1.165, 1.54) is 6.20 Å². The van der Waals surface area contributed by atoms with Gasteiger partial charge in [-0.05, 0) is 50.2 Å². The van der Waals surface area contributed by atoms with Gasteiger partial charge in [-0.15, -0.1) is 0 Å². The Balaban J connectivity index is 1.58. The first-order chi connectivity index (χ1) is 18.0. The largest absolute Gasteiger partial charge is 0.383 e. The number of rotatable bonds is 4. The van der Waals surface area contributed by atoms with Gasteiger partial charge in [-0.1, -0.05) is 26.0 Å². The van der Waals surface area contributed by atoms with Crippen LogP contribution >= 0.6 is 0 Å². The third-order valence-electron chi connectivity index (χ3n) is 7.49. The first-order valence-electron chi connectivity index (χ1n) is 13.2. The smallest absolute Gasteiger partial charge is 0.313 e. The van der Waals surface area contributed by atoms with Crippen LogP contribution in [0.4, 0.5) is 17.2 Å². The number of nitrogens with one attached hydrogen (secondary N) is 1. The van der Waals surface area contributed by atoms with E-state index in [0.29, 0.717) is 23.6 Å². The molecule has 10 heteroatoms. The van der Waals surface area contributed by atoms with Crippen LogP contribution in [-0.4, -0.2) is 89.8 Å². The van der Waals surface area contributed by atoms with E-state index in [-0.39, 0.29) is 24.4 Å². The number of hydrogen-bond acceptors (Lipinski definition) is 7. The highest BCUT2D eigenvalue weighted by atomic mass is 16.2. The van der Waals surface area contributed by atoms with Gasteiger partial charge in [0.2, 0.25) is 5.91 Å². The lowest BCUT2D eigenvalue weighted by Gasteiger charge is -2.45. The molecule has 2 fully saturated rings. The molecule has 2 aliphatic heterocycles.